The van der Waals surface area contributed by atoms with Crippen LogP contribution in [0.1, 0.15) is 33.1 Å². The summed E-state index contributed by atoms with van der Waals surface area (Å²) < 4.78 is 22.2. The van der Waals surface area contributed by atoms with Crippen LogP contribution in [0.15, 0.2) is 0 Å². The molecule has 0 radical (unpaired) electrons. The molecule has 5 nitrogen and oxygen atoms in total. The minimum atomic E-state index is 0.0360. The molecular weight excluding hydrogens is 294 g/mol. The van der Waals surface area contributed by atoms with Crippen LogP contribution in [-0.2, 0) is 18.9 Å². The first-order valence-electron chi connectivity index (χ1n) is 8.57. The maximum Gasteiger partial charge on any atom is 0.146 e. The highest BCUT2D eigenvalue weighted by Crippen LogP contribution is 2.48. The highest BCUT2D eigenvalue weighted by molar-refractivity contribution is 5.16. The van der Waals surface area contributed by atoms with Crippen molar-refractivity contribution in [1.82, 2.24) is 4.90 Å². The van der Waals surface area contributed by atoms with Crippen LogP contribution in [0.2, 0.25) is 0 Å². The molecule has 5 unspecified atom stereocenters. The van der Waals surface area contributed by atoms with Crippen LogP contribution in [0.25, 0.3) is 0 Å². The molecule has 7 atom stereocenters. The molecule has 0 bridgehead atoms. The van der Waals surface area contributed by atoms with Gasteiger partial charge in [0.05, 0.1) is 12.1 Å². The summed E-state index contributed by atoms with van der Waals surface area (Å²) >= 11 is 0. The van der Waals surface area contributed by atoms with Crippen molar-refractivity contribution in [2.24, 2.45) is 11.8 Å². The molecule has 0 N–H and O–H groups in total. The molecule has 1 saturated carbocycles. The molecule has 0 aromatic rings. The summed E-state index contributed by atoms with van der Waals surface area (Å²) in [5, 5.41) is 0. The monoisotopic (exact) mass is 325 g/mol. The fraction of sp³-hybridized carbons (Fsp3) is 0.889. The van der Waals surface area contributed by atoms with Gasteiger partial charge in [-0.25, -0.2) is 0 Å². The number of ether oxygens (including phenoxy) is 4. The predicted molar refractivity (Wildman–Crippen MR) is 88.8 cm³/mol. The molecule has 2 aliphatic rings. The molecule has 0 aromatic heterocycles. The second kappa shape index (κ2) is 9.00. The quantitative estimate of drug-likeness (QED) is 0.266. The molecule has 1 saturated heterocycles. The summed E-state index contributed by atoms with van der Waals surface area (Å²) in [6.45, 7) is 6.25. The van der Waals surface area contributed by atoms with Crippen molar-refractivity contribution in [3.8, 4) is 12.3 Å². The Hall–Kier alpha value is -0.640. The number of hydrogen-bond acceptors (Lipinski definition) is 5. The third-order valence-corrected chi connectivity index (χ3v) is 5.32. The molecule has 1 heterocycles. The van der Waals surface area contributed by atoms with Gasteiger partial charge in [0.15, 0.2) is 0 Å². The van der Waals surface area contributed by atoms with E-state index in [2.05, 4.69) is 24.7 Å². The molecule has 23 heavy (non-hydrogen) atoms. The number of fused-ring (bicyclic) bond motifs is 1. The maximum atomic E-state index is 6.00. The summed E-state index contributed by atoms with van der Waals surface area (Å²) in [4.78, 5) is 2.55. The average molecular weight is 325 g/mol. The first kappa shape index (κ1) is 18.7. The molecule has 0 amide bonds. The van der Waals surface area contributed by atoms with Crippen LogP contribution in [0.3, 0.4) is 0 Å². The largest absolute Gasteiger partial charge is 0.359 e. The number of nitrogens with zero attached hydrogens (tertiary/aromatic N) is 1. The van der Waals surface area contributed by atoms with Crippen LogP contribution in [0.5, 0.6) is 0 Å². The molecule has 132 valence electrons. The lowest BCUT2D eigenvalue weighted by Gasteiger charge is -2.37. The van der Waals surface area contributed by atoms with Crippen molar-refractivity contribution in [3.63, 3.8) is 0 Å². The van der Waals surface area contributed by atoms with Crippen LogP contribution < -0.4 is 0 Å². The van der Waals surface area contributed by atoms with E-state index in [1.807, 2.05) is 0 Å². The number of terminal acetylenes is 1. The number of unbranched alkanes of at least 4 members (excludes halogenated alkanes) is 2. The van der Waals surface area contributed by atoms with E-state index in [1.54, 1.807) is 14.2 Å². The Morgan fingerprint density at radius 3 is 2.17 bits per heavy atom. The van der Waals surface area contributed by atoms with Gasteiger partial charge in [-0.05, 0) is 31.2 Å². The molecule has 5 heteroatoms. The number of likely N-dealkylation sites (tertiary alicyclic amines) is 1. The average Bonchev–Trinajstić information content (AvgIpc) is 3.27. The van der Waals surface area contributed by atoms with E-state index in [0.29, 0.717) is 37.5 Å². The molecule has 0 aromatic carbocycles. The van der Waals surface area contributed by atoms with Gasteiger partial charge in [-0.3, -0.25) is 4.90 Å². The summed E-state index contributed by atoms with van der Waals surface area (Å²) in [7, 11) is 3.31. The standard InChI is InChI=1S/C18H31NO4/c1-6-7-8-9-10-19-15-13(2)14(3)17(22-11-20-4)18(16(15)19)23-12-21-5/h1,13-18H,7-12H2,2-5H3/t13?,14?,15-,16-,17?,18?,19?/m0/s1. The Morgan fingerprint density at radius 2 is 1.57 bits per heavy atom. The molecule has 2 fully saturated rings. The maximum absolute atomic E-state index is 6.00. The Balaban J connectivity index is 1.99. The lowest BCUT2D eigenvalue weighted by Crippen LogP contribution is -2.49. The third-order valence-electron chi connectivity index (χ3n) is 5.32. The zero-order valence-electron chi connectivity index (χ0n) is 14.9. The third kappa shape index (κ3) is 4.26. The summed E-state index contributed by atoms with van der Waals surface area (Å²) in [5.41, 5.74) is 0. The minimum absolute atomic E-state index is 0.0360. The van der Waals surface area contributed by atoms with Gasteiger partial charge >= 0.3 is 0 Å². The van der Waals surface area contributed by atoms with Crippen LogP contribution in [0, 0.1) is 24.2 Å². The van der Waals surface area contributed by atoms with Crippen molar-refractivity contribution >= 4 is 0 Å². The van der Waals surface area contributed by atoms with Crippen LogP contribution >= 0.6 is 0 Å². The Bertz CT molecular complexity index is 397. The van der Waals surface area contributed by atoms with Gasteiger partial charge in [-0.15, -0.1) is 12.3 Å². The minimum Gasteiger partial charge on any atom is -0.359 e. The van der Waals surface area contributed by atoms with Crippen molar-refractivity contribution < 1.29 is 18.9 Å². The summed E-state index contributed by atoms with van der Waals surface area (Å²) in [5.74, 6) is 3.71. The van der Waals surface area contributed by atoms with Gasteiger partial charge < -0.3 is 18.9 Å². The fourth-order valence-electron chi connectivity index (χ4n) is 3.97. The van der Waals surface area contributed by atoms with Crippen molar-refractivity contribution in [2.45, 2.75) is 57.4 Å². The Kier molecular flexibility index (Phi) is 7.32. The lowest BCUT2D eigenvalue weighted by molar-refractivity contribution is -0.183. The first-order chi connectivity index (χ1) is 11.2. The van der Waals surface area contributed by atoms with E-state index in [4.69, 9.17) is 25.4 Å². The molecule has 1 aliphatic heterocycles. The normalized spacial score (nSPS) is 38.8. The number of methoxy groups -OCH3 is 2. The number of hydrogen-bond donors (Lipinski definition) is 0. The van der Waals surface area contributed by atoms with Gasteiger partial charge in [0.25, 0.3) is 0 Å². The Morgan fingerprint density at radius 1 is 0.913 bits per heavy atom. The highest BCUT2D eigenvalue weighted by atomic mass is 16.7. The molecule has 0 spiro atoms. The SMILES string of the molecule is C#CCCCCN1[C@@H]2C(OCOC)C(OCOC)C(C)C(C)[C@@H]21. The van der Waals surface area contributed by atoms with Gasteiger partial charge in [0, 0.05) is 26.7 Å². The summed E-state index contributed by atoms with van der Waals surface area (Å²) in [6.07, 6.45) is 8.49. The van der Waals surface area contributed by atoms with E-state index in [0.717, 1.165) is 25.8 Å². The second-order valence-electron chi connectivity index (χ2n) is 6.67. The van der Waals surface area contributed by atoms with Gasteiger partial charge in [0.1, 0.15) is 19.7 Å². The highest BCUT2D eigenvalue weighted by Gasteiger charge is 2.62. The van der Waals surface area contributed by atoms with E-state index in [9.17, 15) is 0 Å². The van der Waals surface area contributed by atoms with E-state index >= 15 is 0 Å². The van der Waals surface area contributed by atoms with Crippen molar-refractivity contribution in [2.75, 3.05) is 34.4 Å². The number of rotatable bonds is 10. The topological polar surface area (TPSA) is 39.9 Å². The zero-order valence-corrected chi connectivity index (χ0v) is 14.9. The van der Waals surface area contributed by atoms with E-state index in [1.165, 1.54) is 0 Å². The fourth-order valence-corrected chi connectivity index (χ4v) is 3.97. The van der Waals surface area contributed by atoms with Crippen molar-refractivity contribution in [1.29, 1.82) is 0 Å². The van der Waals surface area contributed by atoms with Crippen molar-refractivity contribution in [3.05, 3.63) is 0 Å². The molecule has 2 rings (SSSR count). The summed E-state index contributed by atoms with van der Waals surface area (Å²) in [6, 6.07) is 1.00. The first-order valence-corrected chi connectivity index (χ1v) is 8.57. The lowest BCUT2D eigenvalue weighted by atomic mass is 9.78. The molecular formula is C18H31NO4. The van der Waals surface area contributed by atoms with Crippen LogP contribution in [-0.4, -0.2) is 63.5 Å². The van der Waals surface area contributed by atoms with E-state index in [-0.39, 0.29) is 12.2 Å². The predicted octanol–water partition coefficient (Wildman–Crippen LogP) is 2.11. The van der Waals surface area contributed by atoms with E-state index < -0.39 is 0 Å². The van der Waals surface area contributed by atoms with Crippen LogP contribution in [0.4, 0.5) is 0 Å². The van der Waals surface area contributed by atoms with Gasteiger partial charge in [-0.2, -0.15) is 0 Å². The molecule has 1 aliphatic carbocycles. The van der Waals surface area contributed by atoms with Gasteiger partial charge in [0.2, 0.25) is 0 Å². The van der Waals surface area contributed by atoms with Gasteiger partial charge in [-0.1, -0.05) is 13.8 Å². The zero-order chi connectivity index (χ0) is 16.8. The Labute approximate surface area is 140 Å². The second-order valence-corrected chi connectivity index (χ2v) is 6.67. The smallest absolute Gasteiger partial charge is 0.146 e.